The second-order valence-electron chi connectivity index (χ2n) is 21.6. The Hall–Kier alpha value is -7.51. The van der Waals surface area contributed by atoms with Crippen molar-refractivity contribution >= 4 is 57.8 Å². The number of aromatic hydroxyl groups is 1. The highest BCUT2D eigenvalue weighted by molar-refractivity contribution is 7.81. The number of rotatable bonds is 11. The molecule has 5 aliphatic rings. The molecule has 4 heterocycles. The molecule has 1 aliphatic carbocycles. The van der Waals surface area contributed by atoms with Gasteiger partial charge in [-0.2, -0.15) is 8.42 Å². The van der Waals surface area contributed by atoms with Gasteiger partial charge in [-0.25, -0.2) is 4.79 Å². The maximum atomic E-state index is 15.0. The van der Waals surface area contributed by atoms with E-state index >= 15 is 4.79 Å². The van der Waals surface area contributed by atoms with Gasteiger partial charge in [0.25, 0.3) is 0 Å². The minimum absolute atomic E-state index is 0.00116. The average molecular weight is 1180 g/mol. The molecule has 1 unspecified atom stereocenters. The zero-order valence-corrected chi connectivity index (χ0v) is 46.2. The quantitative estimate of drug-likeness (QED) is 0.0831. The predicted molar refractivity (Wildman–Crippen MR) is 288 cm³/mol. The van der Waals surface area contributed by atoms with Gasteiger partial charge >= 0.3 is 16.5 Å². The molecule has 13 N–H and O–H groups in total. The van der Waals surface area contributed by atoms with Crippen LogP contribution in [0.1, 0.15) is 62.1 Å². The summed E-state index contributed by atoms with van der Waals surface area (Å²) < 4.78 is 42.8. The summed E-state index contributed by atoms with van der Waals surface area (Å²) in [6.45, 7) is 1.56. The van der Waals surface area contributed by atoms with Crippen LogP contribution in [0.15, 0.2) is 66.7 Å². The normalized spacial score (nSPS) is 27.1. The van der Waals surface area contributed by atoms with Crippen LogP contribution in [0.2, 0.25) is 0 Å². The monoisotopic (exact) mass is 1180 g/mol. The van der Waals surface area contributed by atoms with Crippen LogP contribution in [0.5, 0.6) is 11.5 Å². The van der Waals surface area contributed by atoms with Crippen molar-refractivity contribution in [3.05, 3.63) is 83.4 Å². The summed E-state index contributed by atoms with van der Waals surface area (Å²) in [4.78, 5) is 118. The van der Waals surface area contributed by atoms with Crippen molar-refractivity contribution in [1.29, 1.82) is 0 Å². The number of carbonyl (C=O) groups excluding carboxylic acids is 8. The summed E-state index contributed by atoms with van der Waals surface area (Å²) in [5.74, 6) is -10.2. The Morgan fingerprint density at radius 2 is 1.36 bits per heavy atom. The van der Waals surface area contributed by atoms with Crippen LogP contribution in [0.25, 0.3) is 11.1 Å². The molecule has 0 spiro atoms. The number of aliphatic hydroxyl groups excluding tert-OH is 5. The number of piperazine rings is 1. The third kappa shape index (κ3) is 14.1. The summed E-state index contributed by atoms with van der Waals surface area (Å²) >= 11 is 0. The molecule has 4 fully saturated rings. The fourth-order valence-electron chi connectivity index (χ4n) is 11.3. The first-order chi connectivity index (χ1) is 39.3. The Kier molecular flexibility index (Phi) is 19.3. The molecule has 83 heavy (non-hydrogen) atoms. The van der Waals surface area contributed by atoms with Crippen LogP contribution in [-0.4, -0.2) is 230 Å². The highest BCUT2D eigenvalue weighted by Gasteiger charge is 2.50. The first-order valence-corrected chi connectivity index (χ1v) is 28.5. The van der Waals surface area contributed by atoms with Crippen LogP contribution in [-0.2, 0) is 55.1 Å². The molecular weight excluding hydrogens is 1110 g/mol. The van der Waals surface area contributed by atoms with E-state index in [0.29, 0.717) is 0 Å². The highest BCUT2D eigenvalue weighted by Crippen LogP contribution is 2.44. The van der Waals surface area contributed by atoms with Crippen molar-refractivity contribution in [3.63, 3.8) is 0 Å². The molecule has 4 aliphatic heterocycles. The van der Waals surface area contributed by atoms with Gasteiger partial charge in [-0.1, -0.05) is 61.5 Å². The molecule has 0 bridgehead atoms. The van der Waals surface area contributed by atoms with Gasteiger partial charge in [-0.3, -0.25) is 38.1 Å². The van der Waals surface area contributed by atoms with E-state index in [0.717, 1.165) is 57.2 Å². The third-order valence-electron chi connectivity index (χ3n) is 15.7. The fraction of sp³-hybridized carbons (Fsp3) is 0.519. The number of amides is 8. The highest BCUT2D eigenvalue weighted by atomic mass is 32.3. The van der Waals surface area contributed by atoms with E-state index in [-0.39, 0.29) is 70.2 Å². The lowest BCUT2D eigenvalue weighted by Gasteiger charge is -2.36. The van der Waals surface area contributed by atoms with Gasteiger partial charge in [-0.05, 0) is 59.7 Å². The number of benzene rings is 3. The molecule has 0 radical (unpaired) electrons. The van der Waals surface area contributed by atoms with Gasteiger partial charge < -0.3 is 86.2 Å². The first-order valence-electron chi connectivity index (χ1n) is 27.1. The summed E-state index contributed by atoms with van der Waals surface area (Å²) in [5.41, 5.74) is 10.1. The maximum absolute atomic E-state index is 15.0. The number of fused-ring (bicyclic) bond motifs is 5. The Balaban J connectivity index is 1.06. The van der Waals surface area contributed by atoms with Gasteiger partial charge in [0, 0.05) is 70.5 Å². The van der Waals surface area contributed by atoms with Crippen LogP contribution in [0, 0.1) is 5.92 Å². The van der Waals surface area contributed by atoms with Crippen molar-refractivity contribution in [1.82, 2.24) is 40.9 Å². The molecule has 4 saturated heterocycles. The third-order valence-corrected chi connectivity index (χ3v) is 16.1. The van der Waals surface area contributed by atoms with E-state index in [1.165, 1.54) is 16.7 Å². The Morgan fingerprint density at radius 1 is 0.759 bits per heavy atom. The minimum atomic E-state index is -5.22. The largest absolute Gasteiger partial charge is 0.504 e. The zero-order valence-electron chi connectivity index (χ0n) is 45.4. The van der Waals surface area contributed by atoms with Gasteiger partial charge in [0.1, 0.15) is 36.8 Å². The minimum Gasteiger partial charge on any atom is -0.504 e. The Labute approximate surface area is 476 Å². The standard InChI is InChI=1S/C54H69N9O19S/c1-27-24-63-46(47(27)70)51(74)56-15-7-12-36(55)48(71)57-43(28(2)64)52(75)62-25-30(65)22-37(62)49(72)58-44(39(67)20-29-13-14-38(66)41(21-29)82-83(78,79)80)50(73)59-45(53(63)76)40(68)23-42(69)60-16-18-61(19-17-60)54(77)81-26-35-33-10-5-3-8-31(33)32-9-4-6-11-34(32)35/h3-6,8-11,13-14,21,27-28,30,35-37,39-40,43-47,64-68,70H,7,12,15-20,22-26,55H2,1-2H3,(H,56,74)(H,57,71)(H,58,72)(H,59,73)(H,78,79,80)/t27-,28+,30+,36-,37-,39+,40+,43?,44-,45-,46-,47-/m0/s1. The molecule has 3 aromatic carbocycles. The molecule has 8 amide bonds. The van der Waals surface area contributed by atoms with E-state index in [4.69, 9.17) is 10.5 Å². The molecule has 8 rings (SSSR count). The van der Waals surface area contributed by atoms with Crippen molar-refractivity contribution < 1.29 is 90.9 Å². The second kappa shape index (κ2) is 26.0. The van der Waals surface area contributed by atoms with Crippen LogP contribution < -0.4 is 31.2 Å². The van der Waals surface area contributed by atoms with Gasteiger partial charge in [0.05, 0.1) is 43.0 Å². The number of hydrogen-bond acceptors (Lipinski definition) is 19. The number of phenols is 1. The number of hydrogen-bond donors (Lipinski definition) is 12. The van der Waals surface area contributed by atoms with E-state index in [2.05, 4.69) is 25.5 Å². The number of phenolic OH excluding ortho intramolecular Hbond substituents is 1. The van der Waals surface area contributed by atoms with Crippen molar-refractivity contribution in [3.8, 4) is 22.6 Å². The molecule has 450 valence electrons. The topological polar surface area (TPSA) is 418 Å². The Bertz CT molecular complexity index is 3030. The number of aliphatic hydroxyl groups is 5. The summed E-state index contributed by atoms with van der Waals surface area (Å²) in [5, 5.41) is 76.8. The van der Waals surface area contributed by atoms with Crippen molar-refractivity contribution in [2.45, 2.75) is 119 Å². The van der Waals surface area contributed by atoms with E-state index < -0.39 is 168 Å². The lowest BCUT2D eigenvalue weighted by Crippen LogP contribution is -2.64. The van der Waals surface area contributed by atoms with E-state index in [1.54, 1.807) is 0 Å². The van der Waals surface area contributed by atoms with Crippen molar-refractivity contribution in [2.24, 2.45) is 11.7 Å². The molecule has 29 heteroatoms. The number of ether oxygens (including phenoxy) is 1. The van der Waals surface area contributed by atoms with Crippen LogP contribution in [0.3, 0.4) is 0 Å². The molecule has 0 saturated carbocycles. The number of carbonyl (C=O) groups is 8. The maximum Gasteiger partial charge on any atom is 0.446 e. The fourth-order valence-corrected chi connectivity index (χ4v) is 11.6. The van der Waals surface area contributed by atoms with Gasteiger partial charge in [0.2, 0.25) is 41.4 Å². The predicted octanol–water partition coefficient (Wildman–Crippen LogP) is -3.44. The van der Waals surface area contributed by atoms with Crippen LogP contribution >= 0.6 is 0 Å². The molecule has 28 nitrogen and oxygen atoms in total. The van der Waals surface area contributed by atoms with Gasteiger partial charge in [-0.15, -0.1) is 0 Å². The number of nitrogens with one attached hydrogen (secondary N) is 4. The first kappa shape index (κ1) is 61.6. The zero-order chi connectivity index (χ0) is 60.2. The molecular formula is C54H69N9O19S. The molecule has 12 atom stereocenters. The summed E-state index contributed by atoms with van der Waals surface area (Å²) in [7, 11) is -5.22. The van der Waals surface area contributed by atoms with E-state index in [1.807, 2.05) is 48.5 Å². The second-order valence-corrected chi connectivity index (χ2v) is 22.6. The smallest absolute Gasteiger partial charge is 0.446 e. The average Bonchev–Trinajstić information content (AvgIpc) is 4.12. The molecule has 3 aromatic rings. The Morgan fingerprint density at radius 3 is 2.00 bits per heavy atom. The summed E-state index contributed by atoms with van der Waals surface area (Å²) in [6, 6.07) is 7.65. The van der Waals surface area contributed by atoms with Crippen molar-refractivity contribution in [2.75, 3.05) is 52.4 Å². The van der Waals surface area contributed by atoms with E-state index in [9.17, 15) is 77.2 Å². The summed E-state index contributed by atoms with van der Waals surface area (Å²) in [6.07, 6.45) is -11.7. The lowest BCUT2D eigenvalue weighted by atomic mass is 9.98. The van der Waals surface area contributed by atoms with Crippen LogP contribution in [0.4, 0.5) is 4.79 Å². The number of nitrogens with two attached hydrogens (primary N) is 1. The lowest BCUT2D eigenvalue weighted by molar-refractivity contribution is -0.148. The number of nitrogens with zero attached hydrogens (tertiary/aromatic N) is 4. The SMILES string of the molecule is C[C@@H](O)C1NC(=O)[C@@H](N)CCCNC(=O)[C@@H]2[C@@H](O)[C@@H](C)CN2C(=O)[C@H]([C@H](O)CC(=O)N2CCN(C(=O)OCC3c4ccccc4-c4ccccc43)CC2)NC(=O)[C@H]([C@H](O)Cc2ccc(O)c(OS(=O)(=O)O)c2)NC(=O)[C@@H]2C[C@@H](O)CN2C1=O. The molecule has 0 aromatic heterocycles. The van der Waals surface area contributed by atoms with Gasteiger partial charge in [0.15, 0.2) is 11.5 Å².